The molecule has 5 nitrogen and oxygen atoms in total. The molecular weight excluding hydrogens is 446 g/mol. The van der Waals surface area contributed by atoms with Gasteiger partial charge >= 0.3 is 0 Å². The summed E-state index contributed by atoms with van der Waals surface area (Å²) in [6.07, 6.45) is 12.3. The lowest BCUT2D eigenvalue weighted by atomic mass is 9.72. The number of aliphatic hydroxyl groups excluding tert-OH is 1. The van der Waals surface area contributed by atoms with Crippen molar-refractivity contribution in [3.63, 3.8) is 0 Å². The number of aliphatic hydroxyl groups is 1. The standard InChI is InChI=1S/C28H40ClN3O2/c1-5-21-16-22(29)10-11-23(21)27-26-24(17-28(3,4)18-25(26)34)31-14-12-20(8-6-13-30)9-7-15-32(27)19(2)33/h7,10-12,14-16,19-20,27,31,33H,5-6,8-9,13,17-18,30H2,1-4H3/b14-12+,15-7+. The molecule has 1 aromatic carbocycles. The van der Waals surface area contributed by atoms with E-state index < -0.39 is 12.3 Å². The minimum absolute atomic E-state index is 0.118. The van der Waals surface area contributed by atoms with Gasteiger partial charge in [0, 0.05) is 22.7 Å². The van der Waals surface area contributed by atoms with E-state index in [2.05, 4.69) is 38.2 Å². The summed E-state index contributed by atoms with van der Waals surface area (Å²) in [4.78, 5) is 15.6. The minimum Gasteiger partial charge on any atom is -0.374 e. The third-order valence-corrected chi connectivity index (χ3v) is 7.06. The fourth-order valence-corrected chi connectivity index (χ4v) is 5.33. The van der Waals surface area contributed by atoms with Crippen molar-refractivity contribution in [3.8, 4) is 0 Å². The van der Waals surface area contributed by atoms with Gasteiger partial charge < -0.3 is 21.1 Å². The Morgan fingerprint density at radius 2 is 2.09 bits per heavy atom. The zero-order chi connectivity index (χ0) is 24.9. The molecule has 3 atom stereocenters. The summed E-state index contributed by atoms with van der Waals surface area (Å²) in [5.41, 5.74) is 9.35. The second-order valence-electron chi connectivity index (χ2n) is 10.3. The lowest BCUT2D eigenvalue weighted by molar-refractivity contribution is -0.119. The van der Waals surface area contributed by atoms with Gasteiger partial charge in [-0.2, -0.15) is 0 Å². The molecule has 1 aliphatic heterocycles. The molecular formula is C28H40ClN3O2. The number of carbonyl (C=O) groups is 1. The van der Waals surface area contributed by atoms with E-state index >= 15 is 0 Å². The van der Waals surface area contributed by atoms with Crippen molar-refractivity contribution in [2.45, 2.75) is 78.5 Å². The number of hydrogen-bond acceptors (Lipinski definition) is 5. The molecule has 0 aromatic heterocycles. The SMILES string of the molecule is CCc1cc(Cl)ccc1C1C2=C(CC(C)(C)CC2=O)N/C=C/C(CCCN)C/C=C/N1C(C)O. The number of allylic oxidation sites excluding steroid dienone is 3. The molecule has 3 rings (SSSR count). The number of aryl methyl sites for hydroxylation is 1. The maximum Gasteiger partial charge on any atom is 0.163 e. The Balaban J connectivity index is 2.23. The summed E-state index contributed by atoms with van der Waals surface area (Å²) in [5, 5.41) is 15.1. The van der Waals surface area contributed by atoms with E-state index in [-0.39, 0.29) is 11.2 Å². The Bertz CT molecular complexity index is 964. The van der Waals surface area contributed by atoms with Crippen LogP contribution in [0.5, 0.6) is 0 Å². The Hall–Kier alpha value is -2.08. The molecule has 2 aliphatic rings. The summed E-state index contributed by atoms with van der Waals surface area (Å²) in [7, 11) is 0. The van der Waals surface area contributed by atoms with Gasteiger partial charge in [0.15, 0.2) is 5.78 Å². The van der Waals surface area contributed by atoms with Crippen molar-refractivity contribution in [1.82, 2.24) is 10.2 Å². The van der Waals surface area contributed by atoms with Crippen LogP contribution in [-0.2, 0) is 11.2 Å². The number of rotatable bonds is 6. The normalized spacial score (nSPS) is 25.7. The molecule has 1 aliphatic carbocycles. The first-order valence-electron chi connectivity index (χ1n) is 12.5. The van der Waals surface area contributed by atoms with Crippen molar-refractivity contribution < 1.29 is 9.90 Å². The van der Waals surface area contributed by atoms with Crippen LogP contribution >= 0.6 is 11.6 Å². The monoisotopic (exact) mass is 485 g/mol. The van der Waals surface area contributed by atoms with Crippen LogP contribution < -0.4 is 11.1 Å². The van der Waals surface area contributed by atoms with Crippen LogP contribution in [0.15, 0.2) is 54.0 Å². The molecule has 0 radical (unpaired) electrons. The molecule has 0 saturated carbocycles. The van der Waals surface area contributed by atoms with Gasteiger partial charge in [0.1, 0.15) is 6.23 Å². The van der Waals surface area contributed by atoms with E-state index in [4.69, 9.17) is 17.3 Å². The highest BCUT2D eigenvalue weighted by Gasteiger charge is 2.39. The average molecular weight is 486 g/mol. The maximum atomic E-state index is 13.7. The van der Waals surface area contributed by atoms with Crippen LogP contribution in [0.1, 0.15) is 77.0 Å². The van der Waals surface area contributed by atoms with E-state index in [9.17, 15) is 9.90 Å². The predicted molar refractivity (Wildman–Crippen MR) is 140 cm³/mol. The van der Waals surface area contributed by atoms with E-state index in [1.54, 1.807) is 6.92 Å². The van der Waals surface area contributed by atoms with Gasteiger partial charge in [0.25, 0.3) is 0 Å². The molecule has 4 N–H and O–H groups in total. The molecule has 3 unspecified atom stereocenters. The summed E-state index contributed by atoms with van der Waals surface area (Å²) < 4.78 is 0. The second kappa shape index (κ2) is 11.6. The Morgan fingerprint density at radius 3 is 2.76 bits per heavy atom. The molecule has 186 valence electrons. The van der Waals surface area contributed by atoms with Crippen molar-refractivity contribution in [2.75, 3.05) is 6.54 Å². The highest BCUT2D eigenvalue weighted by atomic mass is 35.5. The number of Topliss-reactive ketones (excluding diaryl/α,β-unsaturated/α-hetero) is 1. The van der Waals surface area contributed by atoms with E-state index in [0.717, 1.165) is 54.5 Å². The average Bonchev–Trinajstić information content (AvgIpc) is 2.79. The number of nitrogens with zero attached hydrogens (tertiary/aromatic N) is 1. The van der Waals surface area contributed by atoms with Crippen LogP contribution in [0.25, 0.3) is 0 Å². The molecule has 0 bridgehead atoms. The topological polar surface area (TPSA) is 78.6 Å². The first-order chi connectivity index (χ1) is 16.2. The molecule has 0 fully saturated rings. The third-order valence-electron chi connectivity index (χ3n) is 6.82. The highest BCUT2D eigenvalue weighted by Crippen LogP contribution is 2.44. The van der Waals surface area contributed by atoms with Crippen LogP contribution in [0.4, 0.5) is 0 Å². The van der Waals surface area contributed by atoms with Crippen molar-refractivity contribution in [2.24, 2.45) is 17.1 Å². The van der Waals surface area contributed by atoms with E-state index in [0.29, 0.717) is 23.9 Å². The summed E-state index contributed by atoms with van der Waals surface area (Å²) >= 11 is 6.34. The van der Waals surface area contributed by atoms with Crippen molar-refractivity contribution in [3.05, 3.63) is 70.2 Å². The first kappa shape index (κ1) is 26.5. The quantitative estimate of drug-likeness (QED) is 0.488. The van der Waals surface area contributed by atoms with Gasteiger partial charge in [-0.15, -0.1) is 0 Å². The van der Waals surface area contributed by atoms with Crippen LogP contribution in [-0.4, -0.2) is 28.6 Å². The Morgan fingerprint density at radius 1 is 1.32 bits per heavy atom. The largest absolute Gasteiger partial charge is 0.374 e. The third kappa shape index (κ3) is 6.32. The van der Waals surface area contributed by atoms with E-state index in [1.165, 1.54) is 0 Å². The zero-order valence-electron chi connectivity index (χ0n) is 21.0. The zero-order valence-corrected chi connectivity index (χ0v) is 21.7. The number of nitrogens with one attached hydrogen (secondary N) is 1. The fourth-order valence-electron chi connectivity index (χ4n) is 5.13. The number of halogens is 1. The Labute approximate surface area is 209 Å². The molecule has 6 heteroatoms. The van der Waals surface area contributed by atoms with Gasteiger partial charge in [-0.25, -0.2) is 0 Å². The van der Waals surface area contributed by atoms with E-state index in [1.807, 2.05) is 35.5 Å². The summed E-state index contributed by atoms with van der Waals surface area (Å²) in [6.45, 7) is 8.78. The Kier molecular flexibility index (Phi) is 9.02. The summed E-state index contributed by atoms with van der Waals surface area (Å²) in [5.74, 6) is 0.449. The molecule has 0 spiro atoms. The fraction of sp³-hybridized carbons (Fsp3) is 0.536. The number of benzene rings is 1. The van der Waals surface area contributed by atoms with Gasteiger partial charge in [0.05, 0.1) is 6.04 Å². The molecule has 0 amide bonds. The highest BCUT2D eigenvalue weighted by molar-refractivity contribution is 6.30. The molecule has 0 saturated heterocycles. The second-order valence-corrected chi connectivity index (χ2v) is 10.8. The summed E-state index contributed by atoms with van der Waals surface area (Å²) in [6, 6.07) is 5.44. The predicted octanol–water partition coefficient (Wildman–Crippen LogP) is 5.60. The number of hydrogen-bond donors (Lipinski definition) is 3. The maximum absolute atomic E-state index is 13.7. The molecule has 1 heterocycles. The van der Waals surface area contributed by atoms with Gasteiger partial charge in [-0.05, 0) is 92.6 Å². The molecule has 1 aromatic rings. The van der Waals surface area contributed by atoms with Crippen molar-refractivity contribution in [1.29, 1.82) is 0 Å². The number of carbonyl (C=O) groups excluding carboxylic acids is 1. The van der Waals surface area contributed by atoms with Gasteiger partial charge in [0.2, 0.25) is 0 Å². The minimum atomic E-state index is -0.783. The van der Waals surface area contributed by atoms with Crippen LogP contribution in [0.2, 0.25) is 5.02 Å². The number of nitrogens with two attached hydrogens (primary N) is 1. The first-order valence-corrected chi connectivity index (χ1v) is 12.8. The lowest BCUT2D eigenvalue weighted by Crippen LogP contribution is -2.40. The lowest BCUT2D eigenvalue weighted by Gasteiger charge is -2.40. The van der Waals surface area contributed by atoms with Crippen LogP contribution in [0.3, 0.4) is 0 Å². The van der Waals surface area contributed by atoms with Gasteiger partial charge in [-0.1, -0.05) is 50.6 Å². The van der Waals surface area contributed by atoms with Crippen LogP contribution in [0, 0.1) is 11.3 Å². The van der Waals surface area contributed by atoms with Gasteiger partial charge in [-0.3, -0.25) is 4.79 Å². The molecule has 34 heavy (non-hydrogen) atoms. The smallest absolute Gasteiger partial charge is 0.163 e. The number of ketones is 1. The van der Waals surface area contributed by atoms with Crippen molar-refractivity contribution >= 4 is 17.4 Å².